The van der Waals surface area contributed by atoms with E-state index in [4.69, 9.17) is 0 Å². The number of thioether (sulfide) groups is 1. The molecule has 1 unspecified atom stereocenters. The Morgan fingerprint density at radius 3 is 2.75 bits per heavy atom. The third-order valence-corrected chi connectivity index (χ3v) is 2.91. The first-order valence-electron chi connectivity index (χ1n) is 4.03. The minimum Gasteiger partial charge on any atom is -0.316 e. The molecule has 0 aliphatic carbocycles. The summed E-state index contributed by atoms with van der Waals surface area (Å²) in [6.45, 7) is 2.17. The molecule has 0 spiro atoms. The Labute approximate surface area is 77.8 Å². The topological polar surface area (TPSA) is 24.9 Å². The zero-order valence-corrected chi connectivity index (χ0v) is 8.27. The van der Waals surface area contributed by atoms with Crippen LogP contribution in [0.5, 0.6) is 0 Å². The van der Waals surface area contributed by atoms with E-state index >= 15 is 0 Å². The molecule has 1 N–H and O–H groups in total. The van der Waals surface area contributed by atoms with Gasteiger partial charge < -0.3 is 5.32 Å². The van der Waals surface area contributed by atoms with E-state index in [2.05, 4.69) is 17.2 Å². The highest BCUT2D eigenvalue weighted by Crippen LogP contribution is 2.16. The minimum atomic E-state index is 0.558. The average Bonchev–Trinajstić information content (AvgIpc) is 2.16. The molecule has 3 heteroatoms. The second-order valence-corrected chi connectivity index (χ2v) is 3.78. The number of rotatable bonds is 4. The first-order valence-corrected chi connectivity index (χ1v) is 5.01. The summed E-state index contributed by atoms with van der Waals surface area (Å²) in [5.74, 6) is 1.10. The van der Waals surface area contributed by atoms with Crippen LogP contribution < -0.4 is 5.32 Å². The van der Waals surface area contributed by atoms with Crippen molar-refractivity contribution in [2.45, 2.75) is 17.9 Å². The smallest absolute Gasteiger partial charge is 0.0278 e. The number of pyridine rings is 1. The van der Waals surface area contributed by atoms with Gasteiger partial charge in [0, 0.05) is 29.1 Å². The van der Waals surface area contributed by atoms with Crippen molar-refractivity contribution in [1.82, 2.24) is 10.3 Å². The van der Waals surface area contributed by atoms with Crippen LogP contribution in [0.25, 0.3) is 0 Å². The molecule has 0 aliphatic heterocycles. The predicted molar refractivity (Wildman–Crippen MR) is 53.5 cm³/mol. The molecule has 0 radical (unpaired) electrons. The lowest BCUT2D eigenvalue weighted by Gasteiger charge is -2.08. The number of aromatic nitrogens is 1. The molecule has 0 aromatic carbocycles. The molecule has 1 rings (SSSR count). The maximum absolute atomic E-state index is 3.96. The summed E-state index contributed by atoms with van der Waals surface area (Å²) >= 11 is 1.85. The van der Waals surface area contributed by atoms with E-state index in [1.165, 1.54) is 4.90 Å². The Bertz CT molecular complexity index is 213. The van der Waals surface area contributed by atoms with Crippen LogP contribution in [0.3, 0.4) is 0 Å². The van der Waals surface area contributed by atoms with Gasteiger partial charge in [-0.05, 0) is 26.1 Å². The largest absolute Gasteiger partial charge is 0.316 e. The highest BCUT2D eigenvalue weighted by molar-refractivity contribution is 7.99. The predicted octanol–water partition coefficient (Wildman–Crippen LogP) is 1.78. The quantitative estimate of drug-likeness (QED) is 0.718. The highest BCUT2D eigenvalue weighted by Gasteiger charge is 1.98. The van der Waals surface area contributed by atoms with Crippen LogP contribution in [-0.4, -0.2) is 23.8 Å². The number of hydrogen-bond acceptors (Lipinski definition) is 3. The first-order chi connectivity index (χ1) is 5.83. The molecule has 0 saturated carbocycles. The van der Waals surface area contributed by atoms with Gasteiger partial charge in [-0.2, -0.15) is 0 Å². The number of nitrogens with one attached hydrogen (secondary N) is 1. The molecule has 0 aliphatic rings. The fraction of sp³-hybridized carbons (Fsp3) is 0.444. The zero-order chi connectivity index (χ0) is 8.81. The molecule has 0 saturated heterocycles. The van der Waals surface area contributed by atoms with Gasteiger partial charge in [0.25, 0.3) is 0 Å². The van der Waals surface area contributed by atoms with E-state index in [-0.39, 0.29) is 0 Å². The van der Waals surface area contributed by atoms with Crippen molar-refractivity contribution in [3.8, 4) is 0 Å². The van der Waals surface area contributed by atoms with Gasteiger partial charge in [0.2, 0.25) is 0 Å². The molecule has 1 aromatic heterocycles. The van der Waals surface area contributed by atoms with Gasteiger partial charge in [-0.15, -0.1) is 11.8 Å². The summed E-state index contributed by atoms with van der Waals surface area (Å²) in [7, 11) is 1.98. The molecule has 66 valence electrons. The maximum atomic E-state index is 3.96. The van der Waals surface area contributed by atoms with Gasteiger partial charge in [-0.3, -0.25) is 4.98 Å². The highest BCUT2D eigenvalue weighted by atomic mass is 32.2. The van der Waals surface area contributed by atoms with Crippen molar-refractivity contribution in [2.75, 3.05) is 12.8 Å². The summed E-state index contributed by atoms with van der Waals surface area (Å²) in [5, 5.41) is 3.20. The number of hydrogen-bond donors (Lipinski definition) is 1. The molecule has 1 atom stereocenters. The van der Waals surface area contributed by atoms with Crippen LogP contribution in [-0.2, 0) is 0 Å². The summed E-state index contributed by atoms with van der Waals surface area (Å²) in [4.78, 5) is 5.25. The van der Waals surface area contributed by atoms with Crippen molar-refractivity contribution in [1.29, 1.82) is 0 Å². The Hall–Kier alpha value is -0.540. The van der Waals surface area contributed by atoms with Gasteiger partial charge in [-0.25, -0.2) is 0 Å². The first kappa shape index (κ1) is 9.55. The van der Waals surface area contributed by atoms with Gasteiger partial charge in [0.15, 0.2) is 0 Å². The molecule has 2 nitrogen and oxygen atoms in total. The molecule has 1 heterocycles. The van der Waals surface area contributed by atoms with Gasteiger partial charge >= 0.3 is 0 Å². The molecule has 1 aromatic rings. The molecule has 12 heavy (non-hydrogen) atoms. The monoisotopic (exact) mass is 182 g/mol. The summed E-state index contributed by atoms with van der Waals surface area (Å²) < 4.78 is 0. The Morgan fingerprint density at radius 1 is 1.50 bits per heavy atom. The second kappa shape index (κ2) is 5.17. The van der Waals surface area contributed by atoms with Gasteiger partial charge in [0.05, 0.1) is 0 Å². The van der Waals surface area contributed by atoms with Crippen LogP contribution in [0.2, 0.25) is 0 Å². The Morgan fingerprint density at radius 2 is 2.17 bits per heavy atom. The molecular weight excluding hydrogens is 168 g/mol. The lowest BCUT2D eigenvalue weighted by atomic mass is 10.4. The van der Waals surface area contributed by atoms with E-state index in [0.29, 0.717) is 6.04 Å². The zero-order valence-electron chi connectivity index (χ0n) is 7.45. The molecule has 0 bridgehead atoms. The summed E-state index contributed by atoms with van der Waals surface area (Å²) in [5.41, 5.74) is 0. The molecule has 0 amide bonds. The Kier molecular flexibility index (Phi) is 4.11. The lowest BCUT2D eigenvalue weighted by molar-refractivity contribution is 0.677. The summed E-state index contributed by atoms with van der Waals surface area (Å²) in [6, 6.07) is 4.63. The average molecular weight is 182 g/mol. The van der Waals surface area contributed by atoms with E-state index in [1.807, 2.05) is 43.3 Å². The van der Waals surface area contributed by atoms with Gasteiger partial charge in [-0.1, -0.05) is 0 Å². The molecular formula is C9H14N2S. The van der Waals surface area contributed by atoms with Crippen LogP contribution in [0.1, 0.15) is 6.92 Å². The van der Waals surface area contributed by atoms with E-state index < -0.39 is 0 Å². The van der Waals surface area contributed by atoms with Crippen molar-refractivity contribution in [3.63, 3.8) is 0 Å². The minimum absolute atomic E-state index is 0.558. The second-order valence-electron chi connectivity index (χ2n) is 2.68. The lowest BCUT2D eigenvalue weighted by Crippen LogP contribution is -2.23. The third kappa shape index (κ3) is 3.24. The Balaban J connectivity index is 2.33. The van der Waals surface area contributed by atoms with E-state index in [9.17, 15) is 0 Å². The molecule has 0 fully saturated rings. The van der Waals surface area contributed by atoms with Crippen LogP contribution in [0.4, 0.5) is 0 Å². The summed E-state index contributed by atoms with van der Waals surface area (Å²) in [6.07, 6.45) is 3.65. The SMILES string of the molecule is CNC(C)CSc1ccncc1. The van der Waals surface area contributed by atoms with Crippen LogP contribution in [0, 0.1) is 0 Å². The van der Waals surface area contributed by atoms with Gasteiger partial charge in [0.1, 0.15) is 0 Å². The van der Waals surface area contributed by atoms with Crippen molar-refractivity contribution in [3.05, 3.63) is 24.5 Å². The fourth-order valence-electron chi connectivity index (χ4n) is 0.739. The van der Waals surface area contributed by atoms with Crippen molar-refractivity contribution >= 4 is 11.8 Å². The fourth-order valence-corrected chi connectivity index (χ4v) is 1.66. The van der Waals surface area contributed by atoms with Crippen LogP contribution in [0.15, 0.2) is 29.4 Å². The van der Waals surface area contributed by atoms with Crippen LogP contribution >= 0.6 is 11.8 Å². The normalized spacial score (nSPS) is 12.8. The van der Waals surface area contributed by atoms with Crippen molar-refractivity contribution in [2.24, 2.45) is 0 Å². The number of nitrogens with zero attached hydrogens (tertiary/aromatic N) is 1. The third-order valence-electron chi connectivity index (χ3n) is 1.64. The maximum Gasteiger partial charge on any atom is 0.0278 e. The van der Waals surface area contributed by atoms with Crippen molar-refractivity contribution < 1.29 is 0 Å². The van der Waals surface area contributed by atoms with E-state index in [0.717, 1.165) is 5.75 Å². The van der Waals surface area contributed by atoms with E-state index in [1.54, 1.807) is 0 Å². The standard InChI is InChI=1S/C9H14N2S/c1-8(10-2)7-12-9-3-5-11-6-4-9/h3-6,8,10H,7H2,1-2H3.